The van der Waals surface area contributed by atoms with Crippen LogP contribution in [0.2, 0.25) is 0 Å². The van der Waals surface area contributed by atoms with Gasteiger partial charge in [0.15, 0.2) is 17.2 Å². The van der Waals surface area contributed by atoms with Crippen LogP contribution >= 0.6 is 0 Å². The lowest BCUT2D eigenvalue weighted by atomic mass is 9.86. The number of esters is 1. The van der Waals surface area contributed by atoms with Gasteiger partial charge in [0, 0.05) is 111 Å². The van der Waals surface area contributed by atoms with E-state index >= 15 is 4.39 Å². The average molecular weight is 1240 g/mol. The van der Waals surface area contributed by atoms with Crippen molar-refractivity contribution in [3.63, 3.8) is 0 Å². The molecule has 89 heavy (non-hydrogen) atoms. The number of carbonyl (C=O) groups excluding carboxylic acids is 10. The molecule has 4 aliphatic rings. The number of nitrogens with one attached hydrogen (secondary N) is 7. The van der Waals surface area contributed by atoms with Gasteiger partial charge in [-0.05, 0) is 56.0 Å². The first-order valence-corrected chi connectivity index (χ1v) is 29.4. The number of fused-ring (bicyclic) bond motifs is 5. The van der Waals surface area contributed by atoms with E-state index in [1.165, 1.54) is 27.2 Å². The summed E-state index contributed by atoms with van der Waals surface area (Å²) < 4.78 is 33.1. The van der Waals surface area contributed by atoms with Gasteiger partial charge < -0.3 is 65.6 Å². The number of piperidine rings is 1. The second-order valence-electron chi connectivity index (χ2n) is 23.0. The smallest absolute Gasteiger partial charge is 0.343 e. The Morgan fingerprint density at radius 3 is 2.17 bits per heavy atom. The Kier molecular flexibility index (Phi) is 21.4. The number of nitrogens with zero attached hydrogens (tertiary/aromatic N) is 5. The zero-order chi connectivity index (χ0) is 64.3. The van der Waals surface area contributed by atoms with Crippen molar-refractivity contribution in [3.8, 4) is 17.1 Å². The highest BCUT2D eigenvalue weighted by Crippen LogP contribution is 2.42. The molecule has 0 bridgehead atoms. The summed E-state index contributed by atoms with van der Waals surface area (Å²) >= 11 is 0. The van der Waals surface area contributed by atoms with E-state index in [0.717, 1.165) is 59.7 Å². The summed E-state index contributed by atoms with van der Waals surface area (Å²) in [5, 5.41) is 29.6. The Morgan fingerprint density at radius 2 is 1.51 bits per heavy atom. The molecule has 0 aliphatic carbocycles. The van der Waals surface area contributed by atoms with E-state index in [0.29, 0.717) is 45.6 Å². The standard InChI is InChI=1S/C61H75FN12O15/c1-7-61(86)43-26-47-56-41(32-73(47)59(84)42(43)34-89-60(61)85)40(39-25-48(88-6)44(62)27-46(39)70-56)31-71-22-18-38(19-23-71)74(3,4)33-36-10-12-37(13-11-36)68-57(82)35(2)67-53(79)30-65-51(77)28-64-52(78)29-66-58(83)45(14-15-49(75)63-20-24-87-5)69-50(76)9-8-21-72-54(80)16-17-55(72)81/h10-13,16-17,25-27,35,38,45,86H,7-9,14-15,18-24,28-34H2,1-6H3,(H6-,63,64,65,66,67,68,69,75,76,77,78,79,82,83)/p+1/t35-,45-,61-/m0/s1. The van der Waals surface area contributed by atoms with Gasteiger partial charge in [0.05, 0.1) is 82.5 Å². The van der Waals surface area contributed by atoms with Gasteiger partial charge in [0.25, 0.3) is 17.4 Å². The number of imide groups is 1. The molecule has 0 radical (unpaired) electrons. The molecule has 0 saturated carbocycles. The highest BCUT2D eigenvalue weighted by Gasteiger charge is 2.46. The number of anilines is 1. The third kappa shape index (κ3) is 15.8. The summed E-state index contributed by atoms with van der Waals surface area (Å²) in [7, 11) is 7.21. The second kappa shape index (κ2) is 28.9. The van der Waals surface area contributed by atoms with Crippen molar-refractivity contribution in [2.24, 2.45) is 0 Å². The van der Waals surface area contributed by atoms with Crippen molar-refractivity contribution in [3.05, 3.63) is 98.6 Å². The summed E-state index contributed by atoms with van der Waals surface area (Å²) in [6.45, 7) is 4.44. The monoisotopic (exact) mass is 1240 g/mol. The molecule has 3 atom stereocenters. The van der Waals surface area contributed by atoms with Gasteiger partial charge in [-0.2, -0.15) is 0 Å². The minimum Gasteiger partial charge on any atom is -0.494 e. The predicted molar refractivity (Wildman–Crippen MR) is 318 cm³/mol. The molecule has 9 amide bonds. The average Bonchev–Trinajstić information content (AvgIpc) is 1.64. The fraction of sp³-hybridized carbons (Fsp3) is 0.475. The van der Waals surface area contributed by atoms with Crippen molar-refractivity contribution in [2.45, 2.75) is 109 Å². The van der Waals surface area contributed by atoms with E-state index in [4.69, 9.17) is 19.2 Å². The number of likely N-dealkylation sites (tertiary alicyclic amines) is 1. The maximum Gasteiger partial charge on any atom is 0.343 e. The van der Waals surface area contributed by atoms with E-state index in [2.05, 4.69) is 56.2 Å². The summed E-state index contributed by atoms with van der Waals surface area (Å²) in [5.41, 5.74) is 2.51. The van der Waals surface area contributed by atoms with Crippen molar-refractivity contribution in [1.29, 1.82) is 0 Å². The predicted octanol–water partition coefficient (Wildman–Crippen LogP) is -0.00710. The minimum absolute atomic E-state index is 0.00252. The number of carbonyl (C=O) groups is 10. The number of halogens is 1. The number of aliphatic hydroxyl groups is 1. The number of cyclic esters (lactones) is 1. The minimum atomic E-state index is -2.00. The summed E-state index contributed by atoms with van der Waals surface area (Å²) in [6.07, 6.45) is 3.60. The zero-order valence-corrected chi connectivity index (χ0v) is 50.6. The van der Waals surface area contributed by atoms with Crippen molar-refractivity contribution >= 4 is 75.7 Å². The zero-order valence-electron chi connectivity index (χ0n) is 50.6. The molecule has 27 nitrogen and oxygen atoms in total. The molecule has 6 heterocycles. The number of aromatic nitrogens is 2. The molecular weight excluding hydrogens is 1160 g/mol. The fourth-order valence-electron chi connectivity index (χ4n) is 11.4. The van der Waals surface area contributed by atoms with Gasteiger partial charge in [-0.25, -0.2) is 14.2 Å². The fourth-order valence-corrected chi connectivity index (χ4v) is 11.4. The molecule has 1 fully saturated rings. The molecule has 0 unspecified atom stereocenters. The molecule has 476 valence electrons. The Morgan fingerprint density at radius 1 is 0.831 bits per heavy atom. The maximum atomic E-state index is 15.3. The lowest BCUT2D eigenvalue weighted by Gasteiger charge is -2.43. The molecule has 8 rings (SSSR count). The van der Waals surface area contributed by atoms with Crippen LogP contribution in [0.4, 0.5) is 10.1 Å². The van der Waals surface area contributed by atoms with Gasteiger partial charge in [-0.1, -0.05) is 19.1 Å². The van der Waals surface area contributed by atoms with E-state index in [1.54, 1.807) is 35.8 Å². The van der Waals surface area contributed by atoms with Gasteiger partial charge in [-0.3, -0.25) is 57.7 Å². The van der Waals surface area contributed by atoms with Gasteiger partial charge in [0.1, 0.15) is 25.2 Å². The molecule has 4 aliphatic heterocycles. The van der Waals surface area contributed by atoms with E-state index in [-0.39, 0.29) is 93.4 Å². The second-order valence-corrected chi connectivity index (χ2v) is 23.0. The molecule has 2 aromatic carbocycles. The van der Waals surface area contributed by atoms with E-state index in [9.17, 15) is 57.8 Å². The van der Waals surface area contributed by atoms with Crippen LogP contribution < -0.4 is 47.5 Å². The molecule has 8 N–H and O–H groups in total. The first kappa shape index (κ1) is 66.0. The third-order valence-corrected chi connectivity index (χ3v) is 16.5. The molecule has 4 aromatic rings. The van der Waals surface area contributed by atoms with Crippen LogP contribution in [0.15, 0.2) is 59.4 Å². The van der Waals surface area contributed by atoms with Gasteiger partial charge in [0.2, 0.25) is 41.4 Å². The third-order valence-electron chi connectivity index (χ3n) is 16.5. The number of hydrogen-bond donors (Lipinski definition) is 8. The Bertz CT molecular complexity index is 3510. The first-order valence-electron chi connectivity index (χ1n) is 29.4. The van der Waals surface area contributed by atoms with E-state index < -0.39 is 102 Å². The number of ether oxygens (including phenoxy) is 3. The van der Waals surface area contributed by atoms with Crippen LogP contribution in [0.5, 0.6) is 5.75 Å². The number of methoxy groups -OCH3 is 2. The van der Waals surface area contributed by atoms with Crippen LogP contribution in [0.3, 0.4) is 0 Å². The summed E-state index contributed by atoms with van der Waals surface area (Å²) in [6, 6.07) is 10.1. The Balaban J connectivity index is 0.764. The van der Waals surface area contributed by atoms with Crippen LogP contribution in [-0.2, 0) is 89.3 Å². The van der Waals surface area contributed by atoms with Crippen molar-refractivity contribution in [1.82, 2.24) is 51.3 Å². The van der Waals surface area contributed by atoms with E-state index in [1.807, 2.05) is 12.1 Å². The molecule has 0 spiro atoms. The number of benzene rings is 2. The maximum absolute atomic E-state index is 15.3. The normalized spacial score (nSPS) is 17.0. The quantitative estimate of drug-likeness (QED) is 0.0141. The Labute approximate surface area is 512 Å². The highest BCUT2D eigenvalue weighted by molar-refractivity contribution is 6.13. The lowest BCUT2D eigenvalue weighted by molar-refractivity contribution is -0.929. The summed E-state index contributed by atoms with van der Waals surface area (Å²) in [5.74, 6) is -6.91. The van der Waals surface area contributed by atoms with Crippen molar-refractivity contribution < 1.29 is 76.1 Å². The highest BCUT2D eigenvalue weighted by atomic mass is 19.1. The molecular formula is C61H76FN12O15+. The van der Waals surface area contributed by atoms with Crippen LogP contribution in [0.1, 0.15) is 86.6 Å². The van der Waals surface area contributed by atoms with Gasteiger partial charge >= 0.3 is 5.97 Å². The van der Waals surface area contributed by atoms with Gasteiger partial charge in [-0.15, -0.1) is 0 Å². The topological polar surface area (TPSA) is 344 Å². The lowest BCUT2D eigenvalue weighted by Crippen LogP contribution is -2.53. The summed E-state index contributed by atoms with van der Waals surface area (Å²) in [4.78, 5) is 148. The van der Waals surface area contributed by atoms with Crippen LogP contribution in [0, 0.1) is 5.82 Å². The number of hydrogen-bond acceptors (Lipinski definition) is 17. The Hall–Kier alpha value is -8.99. The van der Waals surface area contributed by atoms with Crippen LogP contribution in [0.25, 0.3) is 22.3 Å². The number of pyridine rings is 2. The number of amides is 9. The largest absolute Gasteiger partial charge is 0.494 e. The van der Waals surface area contributed by atoms with Crippen LogP contribution in [-0.4, -0.2) is 187 Å². The molecule has 1 saturated heterocycles. The van der Waals surface area contributed by atoms with Crippen molar-refractivity contribution in [2.75, 3.05) is 86.1 Å². The number of rotatable bonds is 28. The number of quaternary nitrogens is 1. The first-order chi connectivity index (χ1) is 42.4. The SMILES string of the molecule is CC[C@@]1(O)C(=O)OCc2c1cc1n(c2=O)Cc2c-1nc1cc(F)c(OC)cc1c2CN1CCC([N+](C)(C)Cc2ccc(NC(=O)[C@H](C)NC(=O)CNC(=O)CNC(=O)CNC(=O)[C@H](CCC(=O)NCCOC)NC(=O)CCCN3C(=O)C=CC3=O)cc2)CC1. The molecule has 2 aromatic heterocycles. The molecule has 28 heteroatoms.